The van der Waals surface area contributed by atoms with E-state index in [0.717, 1.165) is 31.5 Å². The molecule has 1 amide bonds. The summed E-state index contributed by atoms with van der Waals surface area (Å²) in [5.74, 6) is -1.41. The number of piperazine rings is 1. The van der Waals surface area contributed by atoms with E-state index in [1.807, 2.05) is 17.0 Å². The second kappa shape index (κ2) is 7.16. The maximum atomic E-state index is 13.3. The van der Waals surface area contributed by atoms with Gasteiger partial charge in [-0.3, -0.25) is 9.69 Å². The van der Waals surface area contributed by atoms with Crippen LogP contribution in [0.4, 0.5) is 8.78 Å². The lowest BCUT2D eigenvalue weighted by Crippen LogP contribution is -2.49. The Morgan fingerprint density at radius 2 is 1.77 bits per heavy atom. The molecule has 1 aliphatic carbocycles. The lowest BCUT2D eigenvalue weighted by atomic mass is 9.99. The van der Waals surface area contributed by atoms with Crippen molar-refractivity contribution in [1.29, 1.82) is 0 Å². The summed E-state index contributed by atoms with van der Waals surface area (Å²) in [5, 5.41) is 0. The standard InChI is InChI=1S/C21H22F2N2O/c22-19-8-5-15(13-20(19)23)14-24-9-11-25(12-10-24)21(26)18-7-6-16-3-1-2-4-17(16)18/h1-5,8,13,18H,6-7,9-12,14H2. The van der Waals surface area contributed by atoms with Crippen LogP contribution < -0.4 is 0 Å². The smallest absolute Gasteiger partial charge is 0.230 e. The minimum absolute atomic E-state index is 0.0102. The predicted octanol–water partition coefficient (Wildman–Crippen LogP) is 3.34. The first kappa shape index (κ1) is 17.2. The van der Waals surface area contributed by atoms with Gasteiger partial charge in [-0.1, -0.05) is 30.3 Å². The minimum Gasteiger partial charge on any atom is -0.340 e. The second-order valence-electron chi connectivity index (χ2n) is 7.14. The number of amides is 1. The van der Waals surface area contributed by atoms with Crippen molar-refractivity contribution in [3.63, 3.8) is 0 Å². The molecule has 1 heterocycles. The number of carbonyl (C=O) groups excluding carboxylic acids is 1. The summed E-state index contributed by atoms with van der Waals surface area (Å²) >= 11 is 0. The SMILES string of the molecule is O=C(C1CCc2ccccc21)N1CCN(Cc2ccc(F)c(F)c2)CC1. The van der Waals surface area contributed by atoms with Crippen molar-refractivity contribution in [1.82, 2.24) is 9.80 Å². The van der Waals surface area contributed by atoms with Crippen LogP contribution in [0.2, 0.25) is 0 Å². The maximum Gasteiger partial charge on any atom is 0.230 e. The van der Waals surface area contributed by atoms with E-state index < -0.39 is 11.6 Å². The summed E-state index contributed by atoms with van der Waals surface area (Å²) in [5.41, 5.74) is 3.23. The van der Waals surface area contributed by atoms with Gasteiger partial charge in [0.15, 0.2) is 11.6 Å². The number of halogens is 2. The fourth-order valence-corrected chi connectivity index (χ4v) is 4.06. The van der Waals surface area contributed by atoms with Crippen molar-refractivity contribution in [2.24, 2.45) is 0 Å². The number of rotatable bonds is 3. The van der Waals surface area contributed by atoms with Crippen molar-refractivity contribution in [2.45, 2.75) is 25.3 Å². The zero-order valence-electron chi connectivity index (χ0n) is 14.6. The van der Waals surface area contributed by atoms with E-state index in [1.165, 1.54) is 23.3 Å². The highest BCUT2D eigenvalue weighted by Crippen LogP contribution is 2.34. The molecule has 0 spiro atoms. The highest BCUT2D eigenvalue weighted by molar-refractivity contribution is 5.85. The molecule has 0 N–H and O–H groups in total. The molecule has 136 valence electrons. The molecule has 0 radical (unpaired) electrons. The first-order valence-electron chi connectivity index (χ1n) is 9.14. The summed E-state index contributed by atoms with van der Waals surface area (Å²) < 4.78 is 26.4. The average Bonchev–Trinajstić information content (AvgIpc) is 3.09. The first-order valence-corrected chi connectivity index (χ1v) is 9.14. The summed E-state index contributed by atoms with van der Waals surface area (Å²) in [6.45, 7) is 3.44. The Labute approximate surface area is 152 Å². The van der Waals surface area contributed by atoms with E-state index in [0.29, 0.717) is 19.6 Å². The molecule has 2 aliphatic rings. The van der Waals surface area contributed by atoms with Crippen LogP contribution in [0.15, 0.2) is 42.5 Å². The third kappa shape index (κ3) is 3.36. The fourth-order valence-electron chi connectivity index (χ4n) is 4.06. The lowest BCUT2D eigenvalue weighted by molar-refractivity contribution is -0.134. The van der Waals surface area contributed by atoms with Crippen LogP contribution in [0.25, 0.3) is 0 Å². The molecule has 1 atom stereocenters. The van der Waals surface area contributed by atoms with E-state index in [9.17, 15) is 13.6 Å². The molecule has 1 unspecified atom stereocenters. The van der Waals surface area contributed by atoms with Gasteiger partial charge in [0.1, 0.15) is 0 Å². The van der Waals surface area contributed by atoms with Gasteiger partial charge >= 0.3 is 0 Å². The molecule has 26 heavy (non-hydrogen) atoms. The van der Waals surface area contributed by atoms with Crippen LogP contribution in [0, 0.1) is 11.6 Å². The molecular weight excluding hydrogens is 334 g/mol. The van der Waals surface area contributed by atoms with Crippen LogP contribution in [0.3, 0.4) is 0 Å². The monoisotopic (exact) mass is 356 g/mol. The molecule has 0 bridgehead atoms. The number of hydrogen-bond acceptors (Lipinski definition) is 2. The van der Waals surface area contributed by atoms with Crippen molar-refractivity contribution in [3.8, 4) is 0 Å². The van der Waals surface area contributed by atoms with Gasteiger partial charge in [0, 0.05) is 32.7 Å². The highest BCUT2D eigenvalue weighted by atomic mass is 19.2. The predicted molar refractivity (Wildman–Crippen MR) is 95.7 cm³/mol. The second-order valence-corrected chi connectivity index (χ2v) is 7.14. The van der Waals surface area contributed by atoms with E-state index in [2.05, 4.69) is 17.0 Å². The highest BCUT2D eigenvalue weighted by Gasteiger charge is 2.32. The Kier molecular flexibility index (Phi) is 4.72. The molecule has 2 aromatic carbocycles. The van der Waals surface area contributed by atoms with Crippen molar-refractivity contribution in [2.75, 3.05) is 26.2 Å². The van der Waals surface area contributed by atoms with Gasteiger partial charge < -0.3 is 4.90 Å². The van der Waals surface area contributed by atoms with Crippen LogP contribution in [0.1, 0.15) is 29.0 Å². The number of nitrogens with zero attached hydrogens (tertiary/aromatic N) is 2. The van der Waals surface area contributed by atoms with Gasteiger partial charge in [-0.05, 0) is 41.7 Å². The molecule has 0 saturated carbocycles. The Morgan fingerprint density at radius 3 is 2.54 bits per heavy atom. The Morgan fingerprint density at radius 1 is 1.00 bits per heavy atom. The third-order valence-electron chi connectivity index (χ3n) is 5.51. The van der Waals surface area contributed by atoms with Crippen molar-refractivity contribution in [3.05, 3.63) is 70.8 Å². The molecule has 4 rings (SSSR count). The van der Waals surface area contributed by atoms with Gasteiger partial charge in [-0.25, -0.2) is 8.78 Å². The summed E-state index contributed by atoms with van der Waals surface area (Å²) in [6, 6.07) is 12.3. The minimum atomic E-state index is -0.819. The molecular formula is C21H22F2N2O. The molecule has 0 aromatic heterocycles. The van der Waals surface area contributed by atoms with Gasteiger partial charge in [0.2, 0.25) is 5.91 Å². The molecule has 5 heteroatoms. The maximum absolute atomic E-state index is 13.3. The topological polar surface area (TPSA) is 23.6 Å². The molecule has 1 fully saturated rings. The van der Waals surface area contributed by atoms with Gasteiger partial charge in [-0.2, -0.15) is 0 Å². The van der Waals surface area contributed by atoms with Gasteiger partial charge in [0.25, 0.3) is 0 Å². The Balaban J connectivity index is 1.35. The normalized spacial score (nSPS) is 20.2. The number of hydrogen-bond donors (Lipinski definition) is 0. The van der Waals surface area contributed by atoms with Crippen LogP contribution in [-0.2, 0) is 17.8 Å². The van der Waals surface area contributed by atoms with E-state index in [1.54, 1.807) is 6.07 Å². The molecule has 1 saturated heterocycles. The van der Waals surface area contributed by atoms with E-state index >= 15 is 0 Å². The Hall–Kier alpha value is -2.27. The van der Waals surface area contributed by atoms with Crippen LogP contribution in [-0.4, -0.2) is 41.9 Å². The fraction of sp³-hybridized carbons (Fsp3) is 0.381. The zero-order chi connectivity index (χ0) is 18.1. The number of benzene rings is 2. The molecule has 3 nitrogen and oxygen atoms in total. The summed E-state index contributed by atoms with van der Waals surface area (Å²) in [6.07, 6.45) is 1.87. The third-order valence-corrected chi connectivity index (χ3v) is 5.51. The average molecular weight is 356 g/mol. The lowest BCUT2D eigenvalue weighted by Gasteiger charge is -2.36. The van der Waals surface area contributed by atoms with Crippen LogP contribution in [0.5, 0.6) is 0 Å². The van der Waals surface area contributed by atoms with Crippen molar-refractivity contribution >= 4 is 5.91 Å². The summed E-state index contributed by atoms with van der Waals surface area (Å²) in [4.78, 5) is 17.1. The van der Waals surface area contributed by atoms with Crippen molar-refractivity contribution < 1.29 is 13.6 Å². The Bertz CT molecular complexity index is 815. The van der Waals surface area contributed by atoms with E-state index in [-0.39, 0.29) is 11.8 Å². The summed E-state index contributed by atoms with van der Waals surface area (Å²) in [7, 11) is 0. The van der Waals surface area contributed by atoms with Crippen LogP contribution >= 0.6 is 0 Å². The quantitative estimate of drug-likeness (QED) is 0.842. The van der Waals surface area contributed by atoms with Gasteiger partial charge in [0.05, 0.1) is 5.92 Å². The number of fused-ring (bicyclic) bond motifs is 1. The first-order chi connectivity index (χ1) is 12.6. The number of aryl methyl sites for hydroxylation is 1. The zero-order valence-corrected chi connectivity index (χ0v) is 14.6. The largest absolute Gasteiger partial charge is 0.340 e. The molecule has 1 aliphatic heterocycles. The molecule has 2 aromatic rings. The van der Waals surface area contributed by atoms with E-state index in [4.69, 9.17) is 0 Å². The van der Waals surface area contributed by atoms with Gasteiger partial charge in [-0.15, -0.1) is 0 Å². The number of carbonyl (C=O) groups is 1.